The highest BCUT2D eigenvalue weighted by atomic mass is 19.4. The molecule has 0 radical (unpaired) electrons. The summed E-state index contributed by atoms with van der Waals surface area (Å²) in [5.74, 6) is -1.78. The van der Waals surface area contributed by atoms with E-state index in [4.69, 9.17) is 0 Å². The van der Waals surface area contributed by atoms with Crippen LogP contribution in [0, 0.1) is 11.6 Å². The van der Waals surface area contributed by atoms with E-state index >= 15 is 0 Å². The Labute approximate surface area is 133 Å². The topological polar surface area (TPSA) is 17.8 Å². The Kier molecular flexibility index (Phi) is 3.16. The zero-order valence-electron chi connectivity index (χ0n) is 12.2. The lowest BCUT2D eigenvalue weighted by molar-refractivity contribution is -0.138. The third kappa shape index (κ3) is 2.26. The molecular formula is C17H11F5N2. The quantitative estimate of drug-likeness (QED) is 0.587. The first kappa shape index (κ1) is 15.1. The molecule has 0 N–H and O–H groups in total. The highest BCUT2D eigenvalue weighted by molar-refractivity contribution is 5.83. The molecule has 0 aliphatic heterocycles. The second-order valence-corrected chi connectivity index (χ2v) is 5.82. The van der Waals surface area contributed by atoms with Crippen LogP contribution in [0.1, 0.15) is 30.1 Å². The molecule has 24 heavy (non-hydrogen) atoms. The van der Waals surface area contributed by atoms with Crippen molar-refractivity contribution < 1.29 is 22.0 Å². The second kappa shape index (κ2) is 5.03. The van der Waals surface area contributed by atoms with Crippen molar-refractivity contribution in [3.8, 4) is 5.69 Å². The highest BCUT2D eigenvalue weighted by Crippen LogP contribution is 2.45. The molecule has 1 fully saturated rings. The Hall–Kier alpha value is -2.44. The zero-order chi connectivity index (χ0) is 17.1. The maximum Gasteiger partial charge on any atom is 0.421 e. The standard InChI is InChI=1S/C17H11F5N2/c18-10-3-1-2-4-13(10)24-15-12(23-16(24)9-5-6-9)8-7-11(19)14(15)17(20,21)22/h1-4,7-9H,5-6H2. The average Bonchev–Trinajstić information content (AvgIpc) is 3.28. The molecule has 3 aromatic rings. The van der Waals surface area contributed by atoms with E-state index < -0.39 is 28.9 Å². The first-order valence-electron chi connectivity index (χ1n) is 7.41. The number of nitrogens with zero attached hydrogens (tertiary/aromatic N) is 2. The molecular weight excluding hydrogens is 327 g/mol. The largest absolute Gasteiger partial charge is 0.421 e. The Morgan fingerprint density at radius 1 is 0.958 bits per heavy atom. The number of aromatic nitrogens is 2. The SMILES string of the molecule is Fc1ccccc1-n1c(C2CC2)nc2ccc(F)c(C(F)(F)F)c21. The number of imidazole rings is 1. The summed E-state index contributed by atoms with van der Waals surface area (Å²) in [6.45, 7) is 0. The predicted molar refractivity (Wildman–Crippen MR) is 78.0 cm³/mol. The summed E-state index contributed by atoms with van der Waals surface area (Å²) < 4.78 is 69.6. The van der Waals surface area contributed by atoms with Gasteiger partial charge in [0, 0.05) is 5.92 Å². The third-order valence-corrected chi connectivity index (χ3v) is 4.11. The van der Waals surface area contributed by atoms with E-state index in [1.165, 1.54) is 24.3 Å². The second-order valence-electron chi connectivity index (χ2n) is 5.82. The molecule has 0 atom stereocenters. The number of para-hydroxylation sites is 1. The van der Waals surface area contributed by atoms with Gasteiger partial charge in [0.25, 0.3) is 0 Å². The van der Waals surface area contributed by atoms with Gasteiger partial charge in [0.1, 0.15) is 23.0 Å². The Morgan fingerprint density at radius 3 is 2.29 bits per heavy atom. The molecule has 124 valence electrons. The van der Waals surface area contributed by atoms with Crippen LogP contribution in [0.15, 0.2) is 36.4 Å². The van der Waals surface area contributed by atoms with Gasteiger partial charge in [0.05, 0.1) is 16.7 Å². The van der Waals surface area contributed by atoms with Gasteiger partial charge in [-0.1, -0.05) is 12.1 Å². The van der Waals surface area contributed by atoms with Crippen LogP contribution >= 0.6 is 0 Å². The van der Waals surface area contributed by atoms with E-state index in [-0.39, 0.29) is 17.1 Å². The number of hydrogen-bond acceptors (Lipinski definition) is 1. The molecule has 7 heteroatoms. The van der Waals surface area contributed by atoms with E-state index in [1.807, 2.05) is 0 Å². The van der Waals surface area contributed by atoms with Gasteiger partial charge in [-0.15, -0.1) is 0 Å². The first-order valence-corrected chi connectivity index (χ1v) is 7.41. The molecule has 1 saturated carbocycles. The van der Waals surface area contributed by atoms with Gasteiger partial charge in [0.15, 0.2) is 0 Å². The lowest BCUT2D eigenvalue weighted by Crippen LogP contribution is -2.12. The van der Waals surface area contributed by atoms with E-state index in [2.05, 4.69) is 4.98 Å². The van der Waals surface area contributed by atoms with Crippen LogP contribution < -0.4 is 0 Å². The van der Waals surface area contributed by atoms with Crippen LogP contribution in [0.25, 0.3) is 16.7 Å². The zero-order valence-corrected chi connectivity index (χ0v) is 12.2. The molecule has 0 spiro atoms. The maximum absolute atomic E-state index is 14.2. The molecule has 0 unspecified atom stereocenters. The molecule has 2 nitrogen and oxygen atoms in total. The smallest absolute Gasteiger partial charge is 0.292 e. The van der Waals surface area contributed by atoms with Crippen LogP contribution in [0.5, 0.6) is 0 Å². The fourth-order valence-corrected chi connectivity index (χ4v) is 2.92. The van der Waals surface area contributed by atoms with Gasteiger partial charge in [-0.05, 0) is 37.1 Å². The number of benzene rings is 2. The van der Waals surface area contributed by atoms with E-state index in [1.54, 1.807) is 0 Å². The third-order valence-electron chi connectivity index (χ3n) is 4.11. The fourth-order valence-electron chi connectivity index (χ4n) is 2.92. The Balaban J connectivity index is 2.15. The molecule has 0 bridgehead atoms. The summed E-state index contributed by atoms with van der Waals surface area (Å²) in [5.41, 5.74) is -1.90. The summed E-state index contributed by atoms with van der Waals surface area (Å²) in [4.78, 5) is 4.24. The number of alkyl halides is 3. The lowest BCUT2D eigenvalue weighted by atomic mass is 10.1. The van der Waals surface area contributed by atoms with E-state index in [9.17, 15) is 22.0 Å². The van der Waals surface area contributed by atoms with Crippen molar-refractivity contribution in [2.75, 3.05) is 0 Å². The maximum atomic E-state index is 14.2. The number of fused-ring (bicyclic) bond motifs is 1. The molecule has 1 aliphatic rings. The van der Waals surface area contributed by atoms with Gasteiger partial charge in [-0.25, -0.2) is 13.8 Å². The molecule has 0 saturated heterocycles. The van der Waals surface area contributed by atoms with Crippen molar-refractivity contribution in [2.24, 2.45) is 0 Å². The van der Waals surface area contributed by atoms with E-state index in [0.717, 1.165) is 29.5 Å². The lowest BCUT2D eigenvalue weighted by Gasteiger charge is -2.14. The van der Waals surface area contributed by atoms with Crippen molar-refractivity contribution in [1.82, 2.24) is 9.55 Å². The molecule has 2 aromatic carbocycles. The van der Waals surface area contributed by atoms with Gasteiger partial charge in [-0.3, -0.25) is 4.57 Å². The highest BCUT2D eigenvalue weighted by Gasteiger charge is 2.40. The van der Waals surface area contributed by atoms with Gasteiger partial charge >= 0.3 is 6.18 Å². The minimum absolute atomic E-state index is 0.00822. The monoisotopic (exact) mass is 338 g/mol. The van der Waals surface area contributed by atoms with Gasteiger partial charge in [0.2, 0.25) is 0 Å². The van der Waals surface area contributed by atoms with Crippen molar-refractivity contribution in [2.45, 2.75) is 24.9 Å². The Bertz CT molecular complexity index is 938. The molecule has 0 amide bonds. The van der Waals surface area contributed by atoms with Crippen LogP contribution in [0.2, 0.25) is 0 Å². The summed E-state index contributed by atoms with van der Waals surface area (Å²) in [7, 11) is 0. The van der Waals surface area contributed by atoms with Crippen molar-refractivity contribution in [3.63, 3.8) is 0 Å². The van der Waals surface area contributed by atoms with Crippen LogP contribution in [0.4, 0.5) is 22.0 Å². The molecule has 1 aliphatic carbocycles. The summed E-state index contributed by atoms with van der Waals surface area (Å²) in [6, 6.07) is 7.44. The van der Waals surface area contributed by atoms with Gasteiger partial charge in [-0.2, -0.15) is 13.2 Å². The normalized spacial score (nSPS) is 15.2. The van der Waals surface area contributed by atoms with Crippen molar-refractivity contribution in [3.05, 3.63) is 59.4 Å². The van der Waals surface area contributed by atoms with Crippen LogP contribution in [-0.4, -0.2) is 9.55 Å². The van der Waals surface area contributed by atoms with E-state index in [0.29, 0.717) is 5.82 Å². The summed E-state index contributed by atoms with van der Waals surface area (Å²) >= 11 is 0. The molecule has 1 heterocycles. The van der Waals surface area contributed by atoms with Crippen molar-refractivity contribution in [1.29, 1.82) is 0 Å². The molecule has 1 aromatic heterocycles. The minimum Gasteiger partial charge on any atom is -0.292 e. The fraction of sp³-hybridized carbons (Fsp3) is 0.235. The van der Waals surface area contributed by atoms with Crippen LogP contribution in [-0.2, 0) is 6.18 Å². The minimum atomic E-state index is -4.91. The molecule has 4 rings (SSSR count). The number of halogens is 5. The average molecular weight is 338 g/mol. The summed E-state index contributed by atoms with van der Waals surface area (Å²) in [6.07, 6.45) is -3.38. The van der Waals surface area contributed by atoms with Crippen molar-refractivity contribution >= 4 is 11.0 Å². The number of hydrogen-bond donors (Lipinski definition) is 0. The first-order chi connectivity index (χ1) is 11.4. The predicted octanol–water partition coefficient (Wildman–Crippen LogP) is 5.20. The van der Waals surface area contributed by atoms with Crippen LogP contribution in [0.3, 0.4) is 0 Å². The summed E-state index contributed by atoms with van der Waals surface area (Å²) in [5, 5.41) is 0. The number of rotatable bonds is 2. The van der Waals surface area contributed by atoms with Gasteiger partial charge < -0.3 is 0 Å². The Morgan fingerprint density at radius 2 is 1.67 bits per heavy atom.